The Balaban J connectivity index is 1.49. The van der Waals surface area contributed by atoms with Gasteiger partial charge in [0, 0.05) is 32.4 Å². The smallest absolute Gasteiger partial charge is 0.257 e. The van der Waals surface area contributed by atoms with Gasteiger partial charge in [-0.3, -0.25) is 4.79 Å². The van der Waals surface area contributed by atoms with Crippen molar-refractivity contribution in [1.29, 1.82) is 0 Å². The molecule has 3 aromatic rings. The van der Waals surface area contributed by atoms with E-state index in [1.54, 1.807) is 25.4 Å². The molecule has 1 fully saturated rings. The molecule has 6 nitrogen and oxygen atoms in total. The number of amides is 1. The molecule has 1 saturated heterocycles. The SMILES string of the molecule is COc1ccccc1Nc1ncccc1C(=O)N1CCN(c2ccccc2Cl)CC1. The summed E-state index contributed by atoms with van der Waals surface area (Å²) >= 11 is 6.33. The molecular weight excluding hydrogens is 400 g/mol. The van der Waals surface area contributed by atoms with Crippen LogP contribution in [0.2, 0.25) is 5.02 Å². The quantitative estimate of drug-likeness (QED) is 0.658. The third-order valence-corrected chi connectivity index (χ3v) is 5.48. The highest BCUT2D eigenvalue weighted by Crippen LogP contribution is 2.29. The zero-order valence-electron chi connectivity index (χ0n) is 16.7. The highest BCUT2D eigenvalue weighted by atomic mass is 35.5. The lowest BCUT2D eigenvalue weighted by Gasteiger charge is -2.36. The van der Waals surface area contributed by atoms with Crippen molar-refractivity contribution in [3.63, 3.8) is 0 Å². The molecule has 0 spiro atoms. The molecule has 2 aromatic carbocycles. The monoisotopic (exact) mass is 422 g/mol. The van der Waals surface area contributed by atoms with Crippen molar-refractivity contribution in [1.82, 2.24) is 9.88 Å². The molecule has 7 heteroatoms. The van der Waals surface area contributed by atoms with E-state index in [1.165, 1.54) is 0 Å². The number of nitrogens with zero attached hydrogens (tertiary/aromatic N) is 3. The van der Waals surface area contributed by atoms with Crippen LogP contribution in [0.1, 0.15) is 10.4 Å². The van der Waals surface area contributed by atoms with E-state index in [4.69, 9.17) is 16.3 Å². The van der Waals surface area contributed by atoms with E-state index >= 15 is 0 Å². The summed E-state index contributed by atoms with van der Waals surface area (Å²) in [5, 5.41) is 3.97. The Morgan fingerprint density at radius 3 is 2.50 bits per heavy atom. The second-order valence-electron chi connectivity index (χ2n) is 6.96. The van der Waals surface area contributed by atoms with Crippen LogP contribution in [0.5, 0.6) is 5.75 Å². The van der Waals surface area contributed by atoms with Crippen LogP contribution in [-0.2, 0) is 0 Å². The third-order valence-electron chi connectivity index (χ3n) is 5.16. The van der Waals surface area contributed by atoms with Crippen LogP contribution in [0.25, 0.3) is 0 Å². The molecule has 0 unspecified atom stereocenters. The summed E-state index contributed by atoms with van der Waals surface area (Å²) in [5.41, 5.74) is 2.30. The number of para-hydroxylation sites is 3. The van der Waals surface area contributed by atoms with Gasteiger partial charge in [-0.1, -0.05) is 35.9 Å². The van der Waals surface area contributed by atoms with Crippen molar-refractivity contribution in [2.24, 2.45) is 0 Å². The number of aromatic nitrogens is 1. The summed E-state index contributed by atoms with van der Waals surface area (Å²) in [6.07, 6.45) is 1.67. The van der Waals surface area contributed by atoms with E-state index in [1.807, 2.05) is 53.4 Å². The van der Waals surface area contributed by atoms with Crippen molar-refractivity contribution in [2.45, 2.75) is 0 Å². The van der Waals surface area contributed by atoms with Crippen LogP contribution in [0.3, 0.4) is 0 Å². The Labute approximate surface area is 181 Å². The van der Waals surface area contributed by atoms with E-state index in [0.717, 1.165) is 29.5 Å². The number of hydrogen-bond acceptors (Lipinski definition) is 5. The van der Waals surface area contributed by atoms with E-state index in [-0.39, 0.29) is 5.91 Å². The first-order valence-electron chi connectivity index (χ1n) is 9.81. The van der Waals surface area contributed by atoms with Crippen molar-refractivity contribution >= 4 is 34.7 Å². The van der Waals surface area contributed by atoms with Gasteiger partial charge in [-0.05, 0) is 36.4 Å². The van der Waals surface area contributed by atoms with Gasteiger partial charge in [0.1, 0.15) is 11.6 Å². The van der Waals surface area contributed by atoms with Gasteiger partial charge in [0.05, 0.1) is 29.1 Å². The molecule has 0 bridgehead atoms. The number of nitrogens with one attached hydrogen (secondary N) is 1. The average Bonchev–Trinajstić information content (AvgIpc) is 2.80. The van der Waals surface area contributed by atoms with Gasteiger partial charge < -0.3 is 19.9 Å². The normalized spacial score (nSPS) is 13.8. The van der Waals surface area contributed by atoms with Crippen LogP contribution >= 0.6 is 11.6 Å². The number of carbonyl (C=O) groups is 1. The second-order valence-corrected chi connectivity index (χ2v) is 7.36. The molecule has 1 amide bonds. The van der Waals surface area contributed by atoms with Gasteiger partial charge in [0.15, 0.2) is 0 Å². The van der Waals surface area contributed by atoms with Gasteiger partial charge in [-0.15, -0.1) is 0 Å². The van der Waals surface area contributed by atoms with Crippen molar-refractivity contribution < 1.29 is 9.53 Å². The molecule has 0 atom stereocenters. The first-order valence-corrected chi connectivity index (χ1v) is 10.2. The molecule has 0 saturated carbocycles. The summed E-state index contributed by atoms with van der Waals surface area (Å²) in [6, 6.07) is 18.9. The van der Waals surface area contributed by atoms with Crippen LogP contribution < -0.4 is 15.0 Å². The largest absolute Gasteiger partial charge is 0.495 e. The van der Waals surface area contributed by atoms with Crippen LogP contribution in [0.15, 0.2) is 66.9 Å². The van der Waals surface area contributed by atoms with E-state index in [9.17, 15) is 4.79 Å². The van der Waals surface area contributed by atoms with E-state index < -0.39 is 0 Å². The summed E-state index contributed by atoms with van der Waals surface area (Å²) in [5.74, 6) is 1.16. The molecular formula is C23H23ClN4O2. The molecule has 0 radical (unpaired) electrons. The summed E-state index contributed by atoms with van der Waals surface area (Å²) in [4.78, 5) is 21.7. The standard InChI is InChI=1S/C23H23ClN4O2/c1-30-21-11-5-3-9-19(21)26-22-17(7-6-12-25-22)23(29)28-15-13-27(14-16-28)20-10-4-2-8-18(20)24/h2-12H,13-16H2,1H3,(H,25,26). The molecule has 2 heterocycles. The number of ether oxygens (including phenoxy) is 1. The first kappa shape index (κ1) is 20.0. The first-order chi connectivity index (χ1) is 14.7. The minimum Gasteiger partial charge on any atom is -0.495 e. The maximum atomic E-state index is 13.2. The van der Waals surface area contributed by atoms with Crippen LogP contribution in [0, 0.1) is 0 Å². The highest BCUT2D eigenvalue weighted by molar-refractivity contribution is 6.33. The van der Waals surface area contributed by atoms with E-state index in [2.05, 4.69) is 15.2 Å². The number of hydrogen-bond donors (Lipinski definition) is 1. The zero-order valence-corrected chi connectivity index (χ0v) is 17.5. The summed E-state index contributed by atoms with van der Waals surface area (Å²) < 4.78 is 5.40. The average molecular weight is 423 g/mol. The molecule has 1 aliphatic heterocycles. The fourth-order valence-electron chi connectivity index (χ4n) is 3.58. The molecule has 30 heavy (non-hydrogen) atoms. The minimum absolute atomic E-state index is 0.0423. The fourth-order valence-corrected chi connectivity index (χ4v) is 3.84. The maximum absolute atomic E-state index is 13.2. The number of piperazine rings is 1. The van der Waals surface area contributed by atoms with Gasteiger partial charge in [0.25, 0.3) is 5.91 Å². The van der Waals surface area contributed by atoms with Crippen LogP contribution in [-0.4, -0.2) is 49.1 Å². The Morgan fingerprint density at radius 1 is 1.00 bits per heavy atom. The number of pyridine rings is 1. The highest BCUT2D eigenvalue weighted by Gasteiger charge is 2.25. The van der Waals surface area contributed by atoms with Gasteiger partial charge >= 0.3 is 0 Å². The minimum atomic E-state index is -0.0423. The van der Waals surface area contributed by atoms with E-state index in [0.29, 0.717) is 30.2 Å². The molecule has 1 aliphatic rings. The number of carbonyl (C=O) groups excluding carboxylic acids is 1. The van der Waals surface area contributed by atoms with Crippen LogP contribution in [0.4, 0.5) is 17.2 Å². The number of rotatable bonds is 5. The Bertz CT molecular complexity index is 1030. The molecule has 1 aromatic heterocycles. The maximum Gasteiger partial charge on any atom is 0.257 e. The fraction of sp³-hybridized carbons (Fsp3) is 0.217. The van der Waals surface area contributed by atoms with Crippen molar-refractivity contribution in [3.05, 3.63) is 77.4 Å². The Hall–Kier alpha value is -3.25. The lowest BCUT2D eigenvalue weighted by molar-refractivity contribution is 0.0747. The summed E-state index contributed by atoms with van der Waals surface area (Å²) in [7, 11) is 1.61. The molecule has 154 valence electrons. The molecule has 1 N–H and O–H groups in total. The lowest BCUT2D eigenvalue weighted by Crippen LogP contribution is -2.49. The number of halogens is 1. The van der Waals surface area contributed by atoms with Gasteiger partial charge in [-0.25, -0.2) is 4.98 Å². The van der Waals surface area contributed by atoms with Crippen molar-refractivity contribution in [2.75, 3.05) is 43.5 Å². The lowest BCUT2D eigenvalue weighted by atomic mass is 10.1. The Kier molecular flexibility index (Phi) is 6.05. The molecule has 0 aliphatic carbocycles. The molecule has 4 rings (SSSR count). The topological polar surface area (TPSA) is 57.7 Å². The third kappa shape index (κ3) is 4.19. The predicted molar refractivity (Wildman–Crippen MR) is 120 cm³/mol. The number of methoxy groups -OCH3 is 1. The van der Waals surface area contributed by atoms with Gasteiger partial charge in [0.2, 0.25) is 0 Å². The second kappa shape index (κ2) is 9.05. The zero-order chi connectivity index (χ0) is 20.9. The summed E-state index contributed by atoms with van der Waals surface area (Å²) in [6.45, 7) is 2.69. The number of benzene rings is 2. The predicted octanol–water partition coefficient (Wildman–Crippen LogP) is 4.45. The van der Waals surface area contributed by atoms with Crippen molar-refractivity contribution in [3.8, 4) is 5.75 Å². The van der Waals surface area contributed by atoms with Gasteiger partial charge in [-0.2, -0.15) is 0 Å². The Morgan fingerprint density at radius 2 is 1.73 bits per heavy atom. The number of anilines is 3.